The molecule has 2 heterocycles. The van der Waals surface area contributed by atoms with Gasteiger partial charge in [-0.2, -0.15) is 5.10 Å². The van der Waals surface area contributed by atoms with Gasteiger partial charge in [0, 0.05) is 30.1 Å². The van der Waals surface area contributed by atoms with Crippen LogP contribution in [0.1, 0.15) is 18.7 Å². The molecular weight excluding hydrogens is 218 g/mol. The van der Waals surface area contributed by atoms with Crippen LogP contribution < -0.4 is 5.32 Å². The van der Waals surface area contributed by atoms with Crippen LogP contribution in [0.25, 0.3) is 0 Å². The smallest absolute Gasteiger partial charge is 0.0728 e. The summed E-state index contributed by atoms with van der Waals surface area (Å²) in [5.41, 5.74) is 1.10. The molecule has 0 radical (unpaired) electrons. The highest BCUT2D eigenvalue weighted by Gasteiger charge is 2.05. The van der Waals surface area contributed by atoms with Crippen LogP contribution in [-0.2, 0) is 13.0 Å². The van der Waals surface area contributed by atoms with Gasteiger partial charge in [-0.3, -0.25) is 4.68 Å². The van der Waals surface area contributed by atoms with Crippen LogP contribution in [0.15, 0.2) is 29.9 Å². The van der Waals surface area contributed by atoms with Crippen molar-refractivity contribution in [1.29, 1.82) is 0 Å². The zero-order valence-corrected chi connectivity index (χ0v) is 10.5. The van der Waals surface area contributed by atoms with Crippen LogP contribution >= 0.6 is 11.3 Å². The molecule has 1 N–H and O–H groups in total. The normalized spacial score (nSPS) is 12.6. The number of hydrogen-bond donors (Lipinski definition) is 1. The van der Waals surface area contributed by atoms with Crippen molar-refractivity contribution in [3.63, 3.8) is 0 Å². The van der Waals surface area contributed by atoms with E-state index in [0.717, 1.165) is 18.7 Å². The van der Waals surface area contributed by atoms with Crippen LogP contribution in [0.3, 0.4) is 0 Å². The molecular formula is C12H17N3S. The summed E-state index contributed by atoms with van der Waals surface area (Å²) in [4.78, 5) is 1.42. The quantitative estimate of drug-likeness (QED) is 0.863. The molecule has 0 bridgehead atoms. The Morgan fingerprint density at radius 2 is 2.44 bits per heavy atom. The van der Waals surface area contributed by atoms with Gasteiger partial charge < -0.3 is 5.32 Å². The standard InChI is InChI=1S/C12H17N3S/c1-3-15-9-11(8-13-15)14-10(2)7-12-5-4-6-16-12/h4-6,8-10,14H,3,7H2,1-2H3. The highest BCUT2D eigenvalue weighted by molar-refractivity contribution is 7.09. The van der Waals surface area contributed by atoms with E-state index in [2.05, 4.69) is 41.8 Å². The van der Waals surface area contributed by atoms with E-state index in [0.29, 0.717) is 6.04 Å². The number of nitrogens with zero attached hydrogens (tertiary/aromatic N) is 2. The summed E-state index contributed by atoms with van der Waals surface area (Å²) >= 11 is 1.81. The monoisotopic (exact) mass is 235 g/mol. The summed E-state index contributed by atoms with van der Waals surface area (Å²) < 4.78 is 1.93. The molecule has 0 aromatic carbocycles. The summed E-state index contributed by atoms with van der Waals surface area (Å²) in [6.45, 7) is 5.20. The molecule has 2 aromatic heterocycles. The molecule has 0 saturated heterocycles. The lowest BCUT2D eigenvalue weighted by Gasteiger charge is -2.12. The van der Waals surface area contributed by atoms with Gasteiger partial charge in [-0.1, -0.05) is 6.07 Å². The first-order valence-corrected chi connectivity index (χ1v) is 6.47. The minimum atomic E-state index is 0.438. The Balaban J connectivity index is 1.89. The zero-order valence-electron chi connectivity index (χ0n) is 9.68. The molecule has 2 rings (SSSR count). The highest BCUT2D eigenvalue weighted by atomic mass is 32.1. The van der Waals surface area contributed by atoms with Gasteiger partial charge in [0.2, 0.25) is 0 Å². The van der Waals surface area contributed by atoms with Crippen molar-refractivity contribution in [2.75, 3.05) is 5.32 Å². The number of aromatic nitrogens is 2. The van der Waals surface area contributed by atoms with Crippen molar-refractivity contribution < 1.29 is 0 Å². The fourth-order valence-corrected chi connectivity index (χ4v) is 2.51. The first kappa shape index (κ1) is 11.2. The maximum Gasteiger partial charge on any atom is 0.0728 e. The van der Waals surface area contributed by atoms with Crippen molar-refractivity contribution in [3.05, 3.63) is 34.8 Å². The predicted molar refractivity (Wildman–Crippen MR) is 69.0 cm³/mol. The fourth-order valence-electron chi connectivity index (χ4n) is 1.68. The average Bonchev–Trinajstić information content (AvgIpc) is 2.89. The molecule has 1 unspecified atom stereocenters. The first-order valence-electron chi connectivity index (χ1n) is 5.59. The number of nitrogens with one attached hydrogen (secondary N) is 1. The van der Waals surface area contributed by atoms with Crippen LogP contribution in [-0.4, -0.2) is 15.8 Å². The Labute approximate surface area is 100 Å². The van der Waals surface area contributed by atoms with Crippen molar-refractivity contribution in [2.45, 2.75) is 32.9 Å². The van der Waals surface area contributed by atoms with Crippen molar-refractivity contribution >= 4 is 17.0 Å². The SMILES string of the molecule is CCn1cc(NC(C)Cc2cccs2)cn1. The topological polar surface area (TPSA) is 29.9 Å². The summed E-state index contributed by atoms with van der Waals surface area (Å²) in [7, 11) is 0. The van der Waals surface area contributed by atoms with E-state index < -0.39 is 0 Å². The third-order valence-electron chi connectivity index (χ3n) is 2.46. The zero-order chi connectivity index (χ0) is 11.4. The molecule has 0 aliphatic rings. The third kappa shape index (κ3) is 2.85. The average molecular weight is 235 g/mol. The Kier molecular flexibility index (Phi) is 3.62. The van der Waals surface area contributed by atoms with E-state index in [1.165, 1.54) is 4.88 Å². The minimum Gasteiger partial charge on any atom is -0.380 e. The van der Waals surface area contributed by atoms with Gasteiger partial charge >= 0.3 is 0 Å². The fraction of sp³-hybridized carbons (Fsp3) is 0.417. The van der Waals surface area contributed by atoms with Gasteiger partial charge in [0.05, 0.1) is 11.9 Å². The highest BCUT2D eigenvalue weighted by Crippen LogP contribution is 2.14. The Morgan fingerprint density at radius 3 is 3.06 bits per heavy atom. The van der Waals surface area contributed by atoms with Gasteiger partial charge in [0.1, 0.15) is 0 Å². The second-order valence-corrected chi connectivity index (χ2v) is 4.95. The van der Waals surface area contributed by atoms with E-state index in [9.17, 15) is 0 Å². The van der Waals surface area contributed by atoms with Gasteiger partial charge in [-0.15, -0.1) is 11.3 Å². The molecule has 4 heteroatoms. The third-order valence-corrected chi connectivity index (χ3v) is 3.36. The van der Waals surface area contributed by atoms with E-state index in [4.69, 9.17) is 0 Å². The predicted octanol–water partition coefficient (Wildman–Crippen LogP) is 3.01. The lowest BCUT2D eigenvalue weighted by molar-refractivity contribution is 0.660. The molecule has 16 heavy (non-hydrogen) atoms. The van der Waals surface area contributed by atoms with Crippen molar-refractivity contribution in [3.8, 4) is 0 Å². The van der Waals surface area contributed by atoms with Gasteiger partial charge in [-0.25, -0.2) is 0 Å². The minimum absolute atomic E-state index is 0.438. The molecule has 0 amide bonds. The molecule has 3 nitrogen and oxygen atoms in total. The number of hydrogen-bond acceptors (Lipinski definition) is 3. The largest absolute Gasteiger partial charge is 0.380 e. The Morgan fingerprint density at radius 1 is 1.56 bits per heavy atom. The summed E-state index contributed by atoms with van der Waals surface area (Å²) in [5, 5.41) is 9.82. The van der Waals surface area contributed by atoms with Crippen LogP contribution in [0, 0.1) is 0 Å². The van der Waals surface area contributed by atoms with Gasteiger partial charge in [0.15, 0.2) is 0 Å². The van der Waals surface area contributed by atoms with Gasteiger partial charge in [-0.05, 0) is 25.3 Å². The second-order valence-electron chi connectivity index (χ2n) is 3.91. The Hall–Kier alpha value is -1.29. The van der Waals surface area contributed by atoms with Crippen molar-refractivity contribution in [2.24, 2.45) is 0 Å². The van der Waals surface area contributed by atoms with Crippen LogP contribution in [0.2, 0.25) is 0 Å². The number of aryl methyl sites for hydroxylation is 1. The summed E-state index contributed by atoms with van der Waals surface area (Å²) in [6.07, 6.45) is 4.99. The number of rotatable bonds is 5. The molecule has 0 fully saturated rings. The lowest BCUT2D eigenvalue weighted by atomic mass is 10.2. The lowest BCUT2D eigenvalue weighted by Crippen LogP contribution is -2.17. The maximum atomic E-state index is 4.24. The Bertz CT molecular complexity index is 419. The first-order chi connectivity index (χ1) is 7.78. The van der Waals surface area contributed by atoms with Crippen LogP contribution in [0.5, 0.6) is 0 Å². The molecule has 0 aliphatic heterocycles. The number of thiophene rings is 1. The molecule has 1 atom stereocenters. The van der Waals surface area contributed by atoms with Gasteiger partial charge in [0.25, 0.3) is 0 Å². The molecule has 86 valence electrons. The molecule has 2 aromatic rings. The summed E-state index contributed by atoms with van der Waals surface area (Å²) in [5.74, 6) is 0. The molecule has 0 saturated carbocycles. The summed E-state index contributed by atoms with van der Waals surface area (Å²) in [6, 6.07) is 4.72. The van der Waals surface area contributed by atoms with E-state index in [1.807, 2.05) is 28.4 Å². The van der Waals surface area contributed by atoms with Crippen LogP contribution in [0.4, 0.5) is 5.69 Å². The molecule has 0 aliphatic carbocycles. The maximum absolute atomic E-state index is 4.24. The van der Waals surface area contributed by atoms with E-state index in [-0.39, 0.29) is 0 Å². The van der Waals surface area contributed by atoms with E-state index in [1.54, 1.807) is 0 Å². The van der Waals surface area contributed by atoms with Crippen molar-refractivity contribution in [1.82, 2.24) is 9.78 Å². The number of anilines is 1. The molecule has 0 spiro atoms. The second kappa shape index (κ2) is 5.16. The van der Waals surface area contributed by atoms with E-state index >= 15 is 0 Å².